The minimum absolute atomic E-state index is 0.00736. The molecule has 2 aromatic rings. The monoisotopic (exact) mass is 268 g/mol. The third-order valence-electron chi connectivity index (χ3n) is 3.39. The number of hydrogen-bond donors (Lipinski definition) is 0. The van der Waals surface area contributed by atoms with Crippen molar-refractivity contribution in [3.63, 3.8) is 0 Å². The van der Waals surface area contributed by atoms with E-state index >= 15 is 0 Å². The van der Waals surface area contributed by atoms with Crippen LogP contribution >= 0.6 is 0 Å². The van der Waals surface area contributed by atoms with Gasteiger partial charge in [-0.15, -0.1) is 0 Å². The maximum absolute atomic E-state index is 12.6. The van der Waals surface area contributed by atoms with Crippen LogP contribution in [0.3, 0.4) is 0 Å². The molecule has 3 rings (SSSR count). The number of fused-ring (bicyclic) bond motifs is 1. The predicted molar refractivity (Wildman–Crippen MR) is 75.4 cm³/mol. The molecule has 1 aromatic carbocycles. The summed E-state index contributed by atoms with van der Waals surface area (Å²) in [6, 6.07) is 11.3. The van der Waals surface area contributed by atoms with Gasteiger partial charge in [0.25, 0.3) is 5.91 Å². The Bertz CT molecular complexity index is 615. The molecule has 0 aliphatic carbocycles. The van der Waals surface area contributed by atoms with Gasteiger partial charge in [0, 0.05) is 12.7 Å². The summed E-state index contributed by atoms with van der Waals surface area (Å²) in [5.41, 5.74) is 2.71. The lowest BCUT2D eigenvalue weighted by Crippen LogP contribution is -2.25. The Morgan fingerprint density at radius 2 is 2.10 bits per heavy atom. The molecule has 2 heterocycles. The Balaban J connectivity index is 1.85. The first-order valence-corrected chi connectivity index (χ1v) is 6.73. The van der Waals surface area contributed by atoms with Crippen molar-refractivity contribution in [2.75, 3.05) is 6.61 Å². The van der Waals surface area contributed by atoms with Crippen LogP contribution in [-0.2, 0) is 13.1 Å². The van der Waals surface area contributed by atoms with E-state index in [1.807, 2.05) is 43.3 Å². The second-order valence-electron chi connectivity index (χ2n) is 4.70. The molecule has 1 aromatic heterocycles. The number of pyridine rings is 1. The SMILES string of the molecule is CCOc1ccccc1C(=O)N1Cc2cccnc2C1. The van der Waals surface area contributed by atoms with Gasteiger partial charge >= 0.3 is 0 Å². The summed E-state index contributed by atoms with van der Waals surface area (Å²) in [4.78, 5) is 18.7. The molecular weight excluding hydrogens is 252 g/mol. The van der Waals surface area contributed by atoms with Crippen LogP contribution in [0, 0.1) is 0 Å². The van der Waals surface area contributed by atoms with Gasteiger partial charge in [0.05, 0.1) is 24.4 Å². The lowest BCUT2D eigenvalue weighted by atomic mass is 10.1. The molecule has 20 heavy (non-hydrogen) atoms. The number of amides is 1. The fraction of sp³-hybridized carbons (Fsp3) is 0.250. The van der Waals surface area contributed by atoms with Crippen molar-refractivity contribution in [2.45, 2.75) is 20.0 Å². The van der Waals surface area contributed by atoms with E-state index in [-0.39, 0.29) is 5.91 Å². The average Bonchev–Trinajstić information content (AvgIpc) is 2.91. The van der Waals surface area contributed by atoms with Gasteiger partial charge in [-0.05, 0) is 30.7 Å². The first-order chi connectivity index (χ1) is 9.79. The molecule has 0 spiro atoms. The summed E-state index contributed by atoms with van der Waals surface area (Å²) in [5.74, 6) is 0.635. The number of para-hydroxylation sites is 1. The topological polar surface area (TPSA) is 42.4 Å². The summed E-state index contributed by atoms with van der Waals surface area (Å²) in [7, 11) is 0. The molecule has 0 fully saturated rings. The second kappa shape index (κ2) is 5.33. The quantitative estimate of drug-likeness (QED) is 0.859. The van der Waals surface area contributed by atoms with E-state index in [1.165, 1.54) is 0 Å². The van der Waals surface area contributed by atoms with Crippen LogP contribution in [0.5, 0.6) is 5.75 Å². The zero-order valence-electron chi connectivity index (χ0n) is 11.4. The van der Waals surface area contributed by atoms with Crippen LogP contribution in [-0.4, -0.2) is 22.4 Å². The Hall–Kier alpha value is -2.36. The number of ether oxygens (including phenoxy) is 1. The molecular formula is C16H16N2O2. The highest BCUT2D eigenvalue weighted by atomic mass is 16.5. The van der Waals surface area contributed by atoms with Crippen molar-refractivity contribution in [3.8, 4) is 5.75 Å². The van der Waals surface area contributed by atoms with Crippen LogP contribution in [0.2, 0.25) is 0 Å². The highest BCUT2D eigenvalue weighted by molar-refractivity contribution is 5.97. The normalized spacial score (nSPS) is 13.2. The summed E-state index contributed by atoms with van der Waals surface area (Å²) in [6.07, 6.45) is 1.76. The standard InChI is InChI=1S/C16H16N2O2/c1-2-20-15-8-4-3-7-13(15)16(19)18-10-12-6-5-9-17-14(12)11-18/h3-9H,2,10-11H2,1H3. The minimum Gasteiger partial charge on any atom is -0.493 e. The molecule has 0 saturated carbocycles. The van der Waals surface area contributed by atoms with Crippen LogP contribution in [0.4, 0.5) is 0 Å². The van der Waals surface area contributed by atoms with E-state index in [0.29, 0.717) is 31.0 Å². The fourth-order valence-corrected chi connectivity index (χ4v) is 2.44. The molecule has 0 bridgehead atoms. The zero-order valence-corrected chi connectivity index (χ0v) is 11.4. The minimum atomic E-state index is -0.00736. The zero-order chi connectivity index (χ0) is 13.9. The Morgan fingerprint density at radius 1 is 1.25 bits per heavy atom. The van der Waals surface area contributed by atoms with Gasteiger partial charge in [0.1, 0.15) is 5.75 Å². The van der Waals surface area contributed by atoms with Crippen molar-refractivity contribution in [1.82, 2.24) is 9.88 Å². The molecule has 4 heteroatoms. The van der Waals surface area contributed by atoms with Crippen LogP contribution in [0.25, 0.3) is 0 Å². The summed E-state index contributed by atoms with van der Waals surface area (Å²) in [6.45, 7) is 3.64. The maximum atomic E-state index is 12.6. The van der Waals surface area contributed by atoms with Crippen molar-refractivity contribution in [1.29, 1.82) is 0 Å². The van der Waals surface area contributed by atoms with Gasteiger partial charge in [0.2, 0.25) is 0 Å². The van der Waals surface area contributed by atoms with Gasteiger partial charge in [-0.3, -0.25) is 9.78 Å². The number of nitrogens with zero attached hydrogens (tertiary/aromatic N) is 2. The highest BCUT2D eigenvalue weighted by Gasteiger charge is 2.26. The van der Waals surface area contributed by atoms with E-state index < -0.39 is 0 Å². The molecule has 0 saturated heterocycles. The van der Waals surface area contributed by atoms with Crippen LogP contribution < -0.4 is 4.74 Å². The summed E-state index contributed by atoms with van der Waals surface area (Å²) < 4.78 is 5.53. The molecule has 0 atom stereocenters. The Morgan fingerprint density at radius 3 is 2.90 bits per heavy atom. The molecule has 1 aliphatic rings. The number of hydrogen-bond acceptors (Lipinski definition) is 3. The third-order valence-corrected chi connectivity index (χ3v) is 3.39. The molecule has 102 valence electrons. The maximum Gasteiger partial charge on any atom is 0.258 e. The number of carbonyl (C=O) groups excluding carboxylic acids is 1. The van der Waals surface area contributed by atoms with E-state index in [0.717, 1.165) is 11.3 Å². The highest BCUT2D eigenvalue weighted by Crippen LogP contribution is 2.26. The third kappa shape index (κ3) is 2.25. The molecule has 0 unspecified atom stereocenters. The number of benzene rings is 1. The van der Waals surface area contributed by atoms with Gasteiger partial charge in [0.15, 0.2) is 0 Å². The summed E-state index contributed by atoms with van der Waals surface area (Å²) in [5, 5.41) is 0. The van der Waals surface area contributed by atoms with Gasteiger partial charge in [-0.25, -0.2) is 0 Å². The van der Waals surface area contributed by atoms with Gasteiger partial charge in [-0.1, -0.05) is 18.2 Å². The lowest BCUT2D eigenvalue weighted by molar-refractivity contribution is 0.0746. The average molecular weight is 268 g/mol. The van der Waals surface area contributed by atoms with Gasteiger partial charge < -0.3 is 9.64 Å². The Labute approximate surface area is 118 Å². The van der Waals surface area contributed by atoms with E-state index in [4.69, 9.17) is 4.74 Å². The first-order valence-electron chi connectivity index (χ1n) is 6.73. The number of aromatic nitrogens is 1. The lowest BCUT2D eigenvalue weighted by Gasteiger charge is -2.17. The molecule has 4 nitrogen and oxygen atoms in total. The number of rotatable bonds is 3. The Kier molecular flexibility index (Phi) is 3.37. The molecule has 0 radical (unpaired) electrons. The van der Waals surface area contributed by atoms with E-state index in [2.05, 4.69) is 4.98 Å². The van der Waals surface area contributed by atoms with Crippen LogP contribution in [0.15, 0.2) is 42.6 Å². The van der Waals surface area contributed by atoms with Crippen molar-refractivity contribution < 1.29 is 9.53 Å². The smallest absolute Gasteiger partial charge is 0.258 e. The second-order valence-corrected chi connectivity index (χ2v) is 4.70. The summed E-state index contributed by atoms with van der Waals surface area (Å²) >= 11 is 0. The molecule has 1 aliphatic heterocycles. The molecule has 1 amide bonds. The van der Waals surface area contributed by atoms with Crippen molar-refractivity contribution in [3.05, 3.63) is 59.4 Å². The number of carbonyl (C=O) groups is 1. The van der Waals surface area contributed by atoms with Gasteiger partial charge in [-0.2, -0.15) is 0 Å². The first kappa shape index (κ1) is 12.7. The predicted octanol–water partition coefficient (Wildman–Crippen LogP) is 2.64. The van der Waals surface area contributed by atoms with Crippen molar-refractivity contribution in [2.24, 2.45) is 0 Å². The fourth-order valence-electron chi connectivity index (χ4n) is 2.44. The van der Waals surface area contributed by atoms with Crippen molar-refractivity contribution >= 4 is 5.91 Å². The van der Waals surface area contributed by atoms with Crippen LogP contribution in [0.1, 0.15) is 28.5 Å². The largest absolute Gasteiger partial charge is 0.493 e. The molecule has 0 N–H and O–H groups in total. The van der Waals surface area contributed by atoms with E-state index in [9.17, 15) is 4.79 Å². The van der Waals surface area contributed by atoms with E-state index in [1.54, 1.807) is 11.1 Å².